The SMILES string of the molecule is O=C(O)CC1Cc2cc(Cl)ccc2N(Cc2nc3cc(F)ccc3s2)C1=O. The van der Waals surface area contributed by atoms with Gasteiger partial charge in [-0.1, -0.05) is 11.6 Å². The van der Waals surface area contributed by atoms with Gasteiger partial charge in [-0.2, -0.15) is 0 Å². The summed E-state index contributed by atoms with van der Waals surface area (Å²) in [5.41, 5.74) is 2.08. The van der Waals surface area contributed by atoms with Crippen LogP contribution in [0.3, 0.4) is 0 Å². The fourth-order valence-electron chi connectivity index (χ4n) is 3.36. The van der Waals surface area contributed by atoms with Crippen LogP contribution >= 0.6 is 22.9 Å². The fraction of sp³-hybridized carbons (Fsp3) is 0.211. The van der Waals surface area contributed by atoms with E-state index in [1.807, 2.05) is 0 Å². The first-order valence-electron chi connectivity index (χ1n) is 8.27. The molecule has 1 amide bonds. The molecule has 2 aromatic carbocycles. The maximum atomic E-state index is 13.4. The molecule has 5 nitrogen and oxygen atoms in total. The monoisotopic (exact) mass is 404 g/mol. The van der Waals surface area contributed by atoms with Gasteiger partial charge in [0.15, 0.2) is 0 Å². The number of hydrogen-bond donors (Lipinski definition) is 1. The van der Waals surface area contributed by atoms with Gasteiger partial charge in [0.05, 0.1) is 29.1 Å². The molecular formula is C19H14ClFN2O3S. The lowest BCUT2D eigenvalue weighted by Gasteiger charge is -2.33. The smallest absolute Gasteiger partial charge is 0.304 e. The molecule has 1 N–H and O–H groups in total. The van der Waals surface area contributed by atoms with Gasteiger partial charge in [-0.25, -0.2) is 9.37 Å². The quantitative estimate of drug-likeness (QED) is 0.705. The minimum Gasteiger partial charge on any atom is -0.481 e. The maximum Gasteiger partial charge on any atom is 0.304 e. The highest BCUT2D eigenvalue weighted by molar-refractivity contribution is 7.18. The van der Waals surface area contributed by atoms with Crippen LogP contribution in [0.5, 0.6) is 0 Å². The number of hydrogen-bond acceptors (Lipinski definition) is 4. The summed E-state index contributed by atoms with van der Waals surface area (Å²) < 4.78 is 14.2. The Kier molecular flexibility index (Phi) is 4.57. The Morgan fingerprint density at radius 1 is 1.33 bits per heavy atom. The van der Waals surface area contributed by atoms with Crippen molar-refractivity contribution >= 4 is 50.7 Å². The van der Waals surface area contributed by atoms with Crippen molar-refractivity contribution in [1.29, 1.82) is 0 Å². The molecule has 1 aromatic heterocycles. The van der Waals surface area contributed by atoms with Crippen molar-refractivity contribution in [2.45, 2.75) is 19.4 Å². The number of nitrogens with zero attached hydrogens (tertiary/aromatic N) is 2. The van der Waals surface area contributed by atoms with E-state index in [0.717, 1.165) is 10.3 Å². The molecular weight excluding hydrogens is 391 g/mol. The van der Waals surface area contributed by atoms with Gasteiger partial charge >= 0.3 is 5.97 Å². The fourth-order valence-corrected chi connectivity index (χ4v) is 4.49. The Morgan fingerprint density at radius 2 is 2.15 bits per heavy atom. The number of aliphatic carboxylic acids is 1. The predicted octanol–water partition coefficient (Wildman–Crippen LogP) is 4.27. The van der Waals surface area contributed by atoms with Gasteiger partial charge in [0.25, 0.3) is 0 Å². The lowest BCUT2D eigenvalue weighted by molar-refractivity contribution is -0.140. The third kappa shape index (κ3) is 3.52. The summed E-state index contributed by atoms with van der Waals surface area (Å²) in [5.74, 6) is -2.29. The Balaban J connectivity index is 1.72. The zero-order valence-corrected chi connectivity index (χ0v) is 15.6. The summed E-state index contributed by atoms with van der Waals surface area (Å²) in [5, 5.41) is 10.3. The molecule has 0 bridgehead atoms. The standard InChI is InChI=1S/C19H14ClFN2O3S/c20-12-1-3-15-10(6-12)5-11(7-18(24)25)19(26)23(15)9-17-22-14-8-13(21)2-4-16(14)27-17/h1-4,6,8,11H,5,7,9H2,(H,24,25). The van der Waals surface area contributed by atoms with Crippen molar-refractivity contribution in [3.63, 3.8) is 0 Å². The van der Waals surface area contributed by atoms with E-state index in [1.54, 1.807) is 29.2 Å². The third-order valence-corrected chi connectivity index (χ3v) is 5.78. The summed E-state index contributed by atoms with van der Waals surface area (Å²) in [6.07, 6.45) is 0.0922. The molecule has 138 valence electrons. The Labute approximate surface area is 163 Å². The van der Waals surface area contributed by atoms with Crippen LogP contribution in [0.25, 0.3) is 10.2 Å². The van der Waals surface area contributed by atoms with Crippen molar-refractivity contribution in [1.82, 2.24) is 4.98 Å². The number of anilines is 1. The molecule has 0 saturated carbocycles. The summed E-state index contributed by atoms with van der Waals surface area (Å²) >= 11 is 7.46. The lowest BCUT2D eigenvalue weighted by atomic mass is 9.89. The zero-order chi connectivity index (χ0) is 19.1. The average Bonchev–Trinajstić information content (AvgIpc) is 2.99. The average molecular weight is 405 g/mol. The molecule has 8 heteroatoms. The van der Waals surface area contributed by atoms with E-state index in [-0.39, 0.29) is 24.7 Å². The number of carboxylic acid groups (broad SMARTS) is 1. The topological polar surface area (TPSA) is 70.5 Å². The van der Waals surface area contributed by atoms with Crippen LogP contribution < -0.4 is 4.90 Å². The van der Waals surface area contributed by atoms with Crippen LogP contribution in [-0.2, 0) is 22.6 Å². The van der Waals surface area contributed by atoms with Crippen LogP contribution in [0.4, 0.5) is 10.1 Å². The molecule has 0 saturated heterocycles. The van der Waals surface area contributed by atoms with Gasteiger partial charge in [-0.3, -0.25) is 9.59 Å². The molecule has 2 heterocycles. The van der Waals surface area contributed by atoms with Gasteiger partial charge < -0.3 is 10.0 Å². The molecule has 0 aliphatic carbocycles. The van der Waals surface area contributed by atoms with Gasteiger partial charge in [-0.05, 0) is 42.3 Å². The number of carbonyl (C=O) groups is 2. The number of rotatable bonds is 4. The first-order chi connectivity index (χ1) is 12.9. The third-order valence-electron chi connectivity index (χ3n) is 4.52. The van der Waals surface area contributed by atoms with Gasteiger partial charge in [0, 0.05) is 16.8 Å². The zero-order valence-electron chi connectivity index (χ0n) is 14.0. The predicted molar refractivity (Wildman–Crippen MR) is 102 cm³/mol. The molecule has 3 aromatic rings. The Morgan fingerprint density at radius 3 is 2.93 bits per heavy atom. The van der Waals surface area contributed by atoms with E-state index < -0.39 is 11.9 Å². The minimum atomic E-state index is -1.02. The molecule has 0 radical (unpaired) electrons. The molecule has 0 spiro atoms. The molecule has 1 aliphatic heterocycles. The number of fused-ring (bicyclic) bond motifs is 2. The van der Waals surface area contributed by atoms with Crippen molar-refractivity contribution in [3.05, 3.63) is 57.8 Å². The number of benzene rings is 2. The van der Waals surface area contributed by atoms with Crippen molar-refractivity contribution in [2.75, 3.05) is 4.90 Å². The second kappa shape index (κ2) is 6.90. The van der Waals surface area contributed by atoms with Crippen LogP contribution in [0.1, 0.15) is 17.0 Å². The van der Waals surface area contributed by atoms with Crippen LogP contribution in [0.2, 0.25) is 5.02 Å². The van der Waals surface area contributed by atoms with Crippen molar-refractivity contribution < 1.29 is 19.1 Å². The van der Waals surface area contributed by atoms with Gasteiger partial charge in [0.1, 0.15) is 10.8 Å². The Bertz CT molecular complexity index is 1070. The number of aromatic nitrogens is 1. The second-order valence-electron chi connectivity index (χ2n) is 6.42. The first-order valence-corrected chi connectivity index (χ1v) is 9.47. The van der Waals surface area contributed by atoms with Crippen LogP contribution in [-0.4, -0.2) is 22.0 Å². The summed E-state index contributed by atoms with van der Waals surface area (Å²) in [4.78, 5) is 30.1. The highest BCUT2D eigenvalue weighted by Gasteiger charge is 2.34. The number of halogens is 2. The summed E-state index contributed by atoms with van der Waals surface area (Å²) in [6, 6.07) is 9.61. The van der Waals surface area contributed by atoms with E-state index in [1.165, 1.54) is 23.5 Å². The summed E-state index contributed by atoms with van der Waals surface area (Å²) in [6.45, 7) is 0.199. The van der Waals surface area contributed by atoms with Crippen LogP contribution in [0.15, 0.2) is 36.4 Å². The van der Waals surface area contributed by atoms with Gasteiger partial charge in [0.2, 0.25) is 5.91 Å². The molecule has 1 unspecified atom stereocenters. The lowest BCUT2D eigenvalue weighted by Crippen LogP contribution is -2.41. The molecule has 1 atom stereocenters. The molecule has 1 aliphatic rings. The number of carbonyl (C=O) groups excluding carboxylic acids is 1. The first kappa shape index (κ1) is 17.9. The molecule has 4 rings (SSSR count). The summed E-state index contributed by atoms with van der Waals surface area (Å²) in [7, 11) is 0. The van der Waals surface area contributed by atoms with E-state index >= 15 is 0 Å². The normalized spacial score (nSPS) is 16.6. The number of amides is 1. The largest absolute Gasteiger partial charge is 0.481 e. The minimum absolute atomic E-state index is 0.199. The van der Waals surface area contributed by atoms with E-state index in [4.69, 9.17) is 16.7 Å². The number of carboxylic acids is 1. The highest BCUT2D eigenvalue weighted by atomic mass is 35.5. The number of thiazole rings is 1. The Hall–Kier alpha value is -2.51. The van der Waals surface area contributed by atoms with E-state index in [9.17, 15) is 14.0 Å². The molecule has 0 fully saturated rings. The molecule has 27 heavy (non-hydrogen) atoms. The van der Waals surface area contributed by atoms with E-state index in [0.29, 0.717) is 27.7 Å². The van der Waals surface area contributed by atoms with Gasteiger partial charge in [-0.15, -0.1) is 11.3 Å². The van der Waals surface area contributed by atoms with Crippen molar-refractivity contribution in [3.8, 4) is 0 Å². The second-order valence-corrected chi connectivity index (χ2v) is 7.97. The maximum absolute atomic E-state index is 13.4. The van der Waals surface area contributed by atoms with Crippen molar-refractivity contribution in [2.24, 2.45) is 5.92 Å². The highest BCUT2D eigenvalue weighted by Crippen LogP contribution is 2.36. The van der Waals surface area contributed by atoms with E-state index in [2.05, 4.69) is 4.98 Å². The van der Waals surface area contributed by atoms with Crippen LogP contribution in [0, 0.1) is 11.7 Å².